The van der Waals surface area contributed by atoms with Gasteiger partial charge in [0.25, 0.3) is 0 Å². The van der Waals surface area contributed by atoms with Gasteiger partial charge in [-0.3, -0.25) is 10.1 Å². The maximum Gasteiger partial charge on any atom is 0.225 e. The lowest BCUT2D eigenvalue weighted by Gasteiger charge is -2.24. The molecule has 0 amide bonds. The lowest BCUT2D eigenvalue weighted by atomic mass is 10.0. The van der Waals surface area contributed by atoms with E-state index in [-0.39, 0.29) is 12.1 Å². The number of anilines is 1. The van der Waals surface area contributed by atoms with E-state index in [2.05, 4.69) is 23.9 Å². The number of nitrogens with one attached hydrogen (secondary N) is 1. The molecule has 0 saturated carbocycles. The Labute approximate surface area is 164 Å². The SMILES string of the molecule is CC(C)n1ncc2ccc(C(=N)c3c(N)ccnc3OC3CCOCC3)cc21. The number of nitrogens with zero attached hydrogens (tertiary/aromatic N) is 3. The Morgan fingerprint density at radius 3 is 2.82 bits per heavy atom. The summed E-state index contributed by atoms with van der Waals surface area (Å²) < 4.78 is 13.5. The highest BCUT2D eigenvalue weighted by molar-refractivity contribution is 6.16. The fourth-order valence-corrected chi connectivity index (χ4v) is 3.50. The Morgan fingerprint density at radius 2 is 2.07 bits per heavy atom. The summed E-state index contributed by atoms with van der Waals surface area (Å²) in [5.74, 6) is 0.411. The van der Waals surface area contributed by atoms with Crippen LogP contribution in [0.5, 0.6) is 5.88 Å². The maximum atomic E-state index is 8.82. The van der Waals surface area contributed by atoms with Gasteiger partial charge in [0.1, 0.15) is 6.10 Å². The van der Waals surface area contributed by atoms with Crippen molar-refractivity contribution in [1.29, 1.82) is 5.41 Å². The van der Waals surface area contributed by atoms with Crippen LogP contribution in [0.3, 0.4) is 0 Å². The minimum absolute atomic E-state index is 0.0273. The first kappa shape index (κ1) is 18.4. The van der Waals surface area contributed by atoms with Gasteiger partial charge in [-0.1, -0.05) is 12.1 Å². The molecule has 0 unspecified atom stereocenters. The summed E-state index contributed by atoms with van der Waals surface area (Å²) in [5, 5.41) is 14.3. The van der Waals surface area contributed by atoms with Crippen LogP contribution >= 0.6 is 0 Å². The van der Waals surface area contributed by atoms with E-state index in [0.717, 1.165) is 29.3 Å². The van der Waals surface area contributed by atoms with E-state index >= 15 is 0 Å². The summed E-state index contributed by atoms with van der Waals surface area (Å²) >= 11 is 0. The molecule has 3 aromatic rings. The van der Waals surface area contributed by atoms with Crippen LogP contribution in [0.4, 0.5) is 5.69 Å². The number of nitrogens with two attached hydrogens (primary N) is 1. The molecule has 146 valence electrons. The van der Waals surface area contributed by atoms with Crippen molar-refractivity contribution in [3.63, 3.8) is 0 Å². The van der Waals surface area contributed by atoms with Gasteiger partial charge in [-0.05, 0) is 26.0 Å². The van der Waals surface area contributed by atoms with Gasteiger partial charge in [0.05, 0.1) is 36.2 Å². The topological polar surface area (TPSA) is 99.0 Å². The highest BCUT2D eigenvalue weighted by atomic mass is 16.5. The molecule has 0 atom stereocenters. The zero-order valence-electron chi connectivity index (χ0n) is 16.2. The van der Waals surface area contributed by atoms with Gasteiger partial charge in [-0.2, -0.15) is 5.10 Å². The summed E-state index contributed by atoms with van der Waals surface area (Å²) in [6.45, 7) is 5.53. The van der Waals surface area contributed by atoms with Crippen LogP contribution in [-0.2, 0) is 4.74 Å². The number of pyridine rings is 1. The van der Waals surface area contributed by atoms with E-state index in [1.54, 1.807) is 12.3 Å². The molecule has 0 radical (unpaired) electrons. The molecule has 0 spiro atoms. The van der Waals surface area contributed by atoms with Crippen molar-refractivity contribution in [2.24, 2.45) is 0 Å². The molecule has 3 N–H and O–H groups in total. The molecule has 3 heterocycles. The second-order valence-electron chi connectivity index (χ2n) is 7.34. The predicted molar refractivity (Wildman–Crippen MR) is 109 cm³/mol. The highest BCUT2D eigenvalue weighted by Crippen LogP contribution is 2.29. The number of fused-ring (bicyclic) bond motifs is 1. The molecule has 2 aromatic heterocycles. The normalized spacial score (nSPS) is 15.2. The Kier molecular flexibility index (Phi) is 5.00. The lowest BCUT2D eigenvalue weighted by molar-refractivity contribution is 0.0237. The fourth-order valence-electron chi connectivity index (χ4n) is 3.50. The van der Waals surface area contributed by atoms with Gasteiger partial charge in [-0.15, -0.1) is 0 Å². The van der Waals surface area contributed by atoms with E-state index in [1.807, 2.05) is 29.1 Å². The molecule has 7 nitrogen and oxygen atoms in total. The zero-order chi connectivity index (χ0) is 19.7. The number of nitrogen functional groups attached to an aromatic ring is 1. The standard InChI is InChI=1S/C21H25N5O2/c1-13(2)26-18-11-14(3-4-15(18)12-25-26)20(23)19-17(22)5-8-24-21(19)28-16-6-9-27-10-7-16/h3-5,8,11-13,16,23H,6-7,9-10H2,1-2H3,(H2,22,24). The number of hydrogen-bond acceptors (Lipinski definition) is 6. The first-order valence-electron chi connectivity index (χ1n) is 9.60. The molecule has 7 heteroatoms. The molecule has 0 aliphatic carbocycles. The van der Waals surface area contributed by atoms with Crippen LogP contribution in [0, 0.1) is 5.41 Å². The Bertz CT molecular complexity index is 1010. The third-order valence-electron chi connectivity index (χ3n) is 5.02. The van der Waals surface area contributed by atoms with Gasteiger partial charge in [0.2, 0.25) is 5.88 Å². The summed E-state index contributed by atoms with van der Waals surface area (Å²) in [4.78, 5) is 4.38. The molecule has 1 aliphatic heterocycles. The Hall–Kier alpha value is -2.93. The molecule has 0 bridgehead atoms. The van der Waals surface area contributed by atoms with E-state index < -0.39 is 0 Å². The van der Waals surface area contributed by atoms with Crippen LogP contribution in [-0.4, -0.2) is 39.8 Å². The molecular weight excluding hydrogens is 354 g/mol. The number of ether oxygens (including phenoxy) is 2. The van der Waals surface area contributed by atoms with Crippen LogP contribution in [0.15, 0.2) is 36.7 Å². The summed E-state index contributed by atoms with van der Waals surface area (Å²) in [7, 11) is 0. The molecule has 1 aromatic carbocycles. The minimum Gasteiger partial charge on any atom is -0.474 e. The van der Waals surface area contributed by atoms with Crippen molar-refractivity contribution < 1.29 is 9.47 Å². The fraction of sp³-hybridized carbons (Fsp3) is 0.381. The van der Waals surface area contributed by atoms with E-state index in [1.165, 1.54) is 0 Å². The Morgan fingerprint density at radius 1 is 1.29 bits per heavy atom. The van der Waals surface area contributed by atoms with E-state index in [4.69, 9.17) is 20.6 Å². The maximum absolute atomic E-state index is 8.82. The van der Waals surface area contributed by atoms with Crippen LogP contribution in [0.1, 0.15) is 43.9 Å². The highest BCUT2D eigenvalue weighted by Gasteiger charge is 2.22. The van der Waals surface area contributed by atoms with Gasteiger partial charge < -0.3 is 15.2 Å². The van der Waals surface area contributed by atoms with Gasteiger partial charge in [-0.25, -0.2) is 4.98 Å². The molecule has 1 saturated heterocycles. The molecule has 1 fully saturated rings. The van der Waals surface area contributed by atoms with Gasteiger partial charge in [0, 0.05) is 41.7 Å². The number of benzene rings is 1. The average molecular weight is 379 g/mol. The van der Waals surface area contributed by atoms with Crippen molar-refractivity contribution >= 4 is 22.3 Å². The number of aromatic nitrogens is 3. The first-order chi connectivity index (χ1) is 13.5. The number of hydrogen-bond donors (Lipinski definition) is 2. The predicted octanol–water partition coefficient (Wildman–Crippen LogP) is 3.57. The van der Waals surface area contributed by atoms with Gasteiger partial charge >= 0.3 is 0 Å². The van der Waals surface area contributed by atoms with Crippen molar-refractivity contribution in [2.75, 3.05) is 18.9 Å². The summed E-state index contributed by atoms with van der Waals surface area (Å²) in [6.07, 6.45) is 5.11. The van der Waals surface area contributed by atoms with Crippen LogP contribution < -0.4 is 10.5 Å². The largest absolute Gasteiger partial charge is 0.474 e. The second kappa shape index (κ2) is 7.59. The quantitative estimate of drug-likeness (QED) is 0.660. The molecule has 28 heavy (non-hydrogen) atoms. The second-order valence-corrected chi connectivity index (χ2v) is 7.34. The third-order valence-corrected chi connectivity index (χ3v) is 5.02. The first-order valence-corrected chi connectivity index (χ1v) is 9.60. The van der Waals surface area contributed by atoms with Gasteiger partial charge in [0.15, 0.2) is 0 Å². The molecular formula is C21H25N5O2. The van der Waals surface area contributed by atoms with Crippen molar-refractivity contribution in [1.82, 2.24) is 14.8 Å². The van der Waals surface area contributed by atoms with Crippen LogP contribution in [0.25, 0.3) is 10.9 Å². The van der Waals surface area contributed by atoms with Crippen molar-refractivity contribution in [2.45, 2.75) is 38.8 Å². The molecule has 4 rings (SSSR count). The van der Waals surface area contributed by atoms with E-state index in [9.17, 15) is 0 Å². The minimum atomic E-state index is 0.0273. The van der Waals surface area contributed by atoms with Crippen molar-refractivity contribution in [3.05, 3.63) is 47.8 Å². The number of rotatable bonds is 5. The van der Waals surface area contributed by atoms with Crippen molar-refractivity contribution in [3.8, 4) is 5.88 Å². The summed E-state index contributed by atoms with van der Waals surface area (Å²) in [6, 6.07) is 7.82. The zero-order valence-corrected chi connectivity index (χ0v) is 16.2. The lowest BCUT2D eigenvalue weighted by Crippen LogP contribution is -2.27. The molecule has 1 aliphatic rings. The third kappa shape index (κ3) is 3.45. The average Bonchev–Trinajstić information content (AvgIpc) is 3.12. The summed E-state index contributed by atoms with van der Waals surface area (Å²) in [5.41, 5.74) is 9.30. The Balaban J connectivity index is 1.71. The smallest absolute Gasteiger partial charge is 0.225 e. The van der Waals surface area contributed by atoms with E-state index in [0.29, 0.717) is 36.1 Å². The monoisotopic (exact) mass is 379 g/mol. The van der Waals surface area contributed by atoms with Crippen LogP contribution in [0.2, 0.25) is 0 Å².